The highest BCUT2D eigenvalue weighted by Crippen LogP contribution is 2.37. The molecule has 7 heteroatoms. The van der Waals surface area contributed by atoms with E-state index >= 15 is 0 Å². The first kappa shape index (κ1) is 24.8. The number of aliphatic hydroxyl groups excluding tert-OH is 1. The summed E-state index contributed by atoms with van der Waals surface area (Å²) in [6.45, 7) is 5.65. The van der Waals surface area contributed by atoms with Crippen molar-refractivity contribution in [3.63, 3.8) is 0 Å². The Morgan fingerprint density at radius 2 is 1.70 bits per heavy atom. The molecule has 3 aromatic rings. The normalized spacial score (nSPS) is 13.2. The zero-order valence-corrected chi connectivity index (χ0v) is 20.2. The maximum atomic E-state index is 10.5. The largest absolute Gasteiger partial charge is 0.493 e. The molecule has 0 saturated heterocycles. The lowest BCUT2D eigenvalue weighted by atomic mass is 10.1. The van der Waals surface area contributed by atoms with Gasteiger partial charge in [0, 0.05) is 38.9 Å². The lowest BCUT2D eigenvalue weighted by Gasteiger charge is -2.30. The van der Waals surface area contributed by atoms with E-state index in [4.69, 9.17) is 19.3 Å². The number of hydrogen-bond donors (Lipinski definition) is 1. The average Bonchev–Trinajstić information content (AvgIpc) is 3.14. The molecule has 0 bridgehead atoms. The number of benzene rings is 2. The van der Waals surface area contributed by atoms with Crippen molar-refractivity contribution in [1.29, 1.82) is 0 Å². The van der Waals surface area contributed by atoms with Crippen molar-refractivity contribution in [2.75, 3.05) is 27.4 Å². The second kappa shape index (κ2) is 11.8. The van der Waals surface area contributed by atoms with Crippen LogP contribution in [0.15, 0.2) is 54.6 Å². The topological polar surface area (TPSA) is 69.0 Å². The monoisotopic (exact) mass is 453 g/mol. The lowest BCUT2D eigenvalue weighted by molar-refractivity contribution is 0.0253. The highest BCUT2D eigenvalue weighted by Gasteiger charge is 2.25. The van der Waals surface area contributed by atoms with Crippen molar-refractivity contribution in [1.82, 2.24) is 14.7 Å². The Morgan fingerprint density at radius 1 is 1.03 bits per heavy atom. The van der Waals surface area contributed by atoms with Crippen LogP contribution in [-0.2, 0) is 18.3 Å². The van der Waals surface area contributed by atoms with Crippen molar-refractivity contribution < 1.29 is 19.3 Å². The first-order valence-electron chi connectivity index (χ1n) is 11.3. The molecule has 3 rings (SSSR count). The van der Waals surface area contributed by atoms with Crippen molar-refractivity contribution in [2.24, 2.45) is 7.05 Å². The Bertz CT molecular complexity index is 1010. The number of rotatable bonds is 12. The van der Waals surface area contributed by atoms with E-state index in [1.165, 1.54) is 0 Å². The standard InChI is InChI=1S/C26H35N3O4/c1-6-19(2)29(16-21(30)18-31-4)17-22-25(20-12-8-7-9-13-20)27-28(3)26(22)33-24-15-11-10-14-23(24)32-5/h7-15,19,21,30H,6,16-18H2,1-5H3/t19-,21-/m1/s1. The van der Waals surface area contributed by atoms with Crippen LogP contribution in [0.25, 0.3) is 11.3 Å². The Morgan fingerprint density at radius 3 is 2.33 bits per heavy atom. The van der Waals surface area contributed by atoms with E-state index in [9.17, 15) is 5.11 Å². The minimum Gasteiger partial charge on any atom is -0.493 e. The summed E-state index contributed by atoms with van der Waals surface area (Å²) in [6.07, 6.45) is 0.364. The van der Waals surface area contributed by atoms with Gasteiger partial charge in [0.1, 0.15) is 5.69 Å². The molecule has 1 N–H and O–H groups in total. The molecule has 1 aromatic heterocycles. The molecule has 33 heavy (non-hydrogen) atoms. The molecule has 0 aliphatic heterocycles. The summed E-state index contributed by atoms with van der Waals surface area (Å²) in [6, 6.07) is 17.9. The van der Waals surface area contributed by atoms with Crippen LogP contribution < -0.4 is 9.47 Å². The third kappa shape index (κ3) is 6.13. The maximum absolute atomic E-state index is 10.5. The van der Waals surface area contributed by atoms with E-state index in [2.05, 4.69) is 18.7 Å². The summed E-state index contributed by atoms with van der Waals surface area (Å²) in [5, 5.41) is 15.3. The third-order valence-corrected chi connectivity index (χ3v) is 5.79. The second-order valence-electron chi connectivity index (χ2n) is 8.17. The first-order chi connectivity index (χ1) is 16.0. The van der Waals surface area contributed by atoms with Crippen molar-refractivity contribution in [3.8, 4) is 28.6 Å². The number of aromatic nitrogens is 2. The van der Waals surface area contributed by atoms with Crippen molar-refractivity contribution >= 4 is 0 Å². The Kier molecular flexibility index (Phi) is 8.88. The van der Waals surface area contributed by atoms with E-state index in [-0.39, 0.29) is 12.6 Å². The summed E-state index contributed by atoms with van der Waals surface area (Å²) in [5.41, 5.74) is 2.83. The van der Waals surface area contributed by atoms with Crippen molar-refractivity contribution in [2.45, 2.75) is 39.0 Å². The Balaban J connectivity index is 2.05. The molecule has 0 unspecified atom stereocenters. The molecule has 1 heterocycles. The van der Waals surface area contributed by atoms with Gasteiger partial charge in [-0.1, -0.05) is 49.4 Å². The third-order valence-electron chi connectivity index (χ3n) is 5.79. The Hall–Kier alpha value is -2.87. The van der Waals surface area contributed by atoms with Gasteiger partial charge in [-0.3, -0.25) is 4.90 Å². The van der Waals surface area contributed by atoms with Gasteiger partial charge in [-0.15, -0.1) is 0 Å². The number of aliphatic hydroxyl groups is 1. The van der Waals surface area contributed by atoms with Crippen LogP contribution in [-0.4, -0.2) is 59.3 Å². The summed E-state index contributed by atoms with van der Waals surface area (Å²) in [7, 11) is 5.11. The van der Waals surface area contributed by atoms with E-state index < -0.39 is 6.10 Å². The molecule has 0 spiro atoms. The van der Waals surface area contributed by atoms with Gasteiger partial charge in [-0.25, -0.2) is 4.68 Å². The van der Waals surface area contributed by atoms with Gasteiger partial charge in [0.15, 0.2) is 11.5 Å². The van der Waals surface area contributed by atoms with Gasteiger partial charge in [-0.2, -0.15) is 5.10 Å². The Labute approximate surface area is 196 Å². The molecule has 0 saturated carbocycles. The molecule has 2 atom stereocenters. The summed E-state index contributed by atoms with van der Waals surface area (Å²) in [5.74, 6) is 1.92. The van der Waals surface area contributed by atoms with Gasteiger partial charge < -0.3 is 19.3 Å². The number of para-hydroxylation sites is 2. The van der Waals surface area contributed by atoms with Crippen LogP contribution in [0.1, 0.15) is 25.8 Å². The van der Waals surface area contributed by atoms with Gasteiger partial charge >= 0.3 is 0 Å². The second-order valence-corrected chi connectivity index (χ2v) is 8.17. The quantitative estimate of drug-likeness (QED) is 0.436. The van der Waals surface area contributed by atoms with Gasteiger partial charge in [0.05, 0.1) is 25.4 Å². The number of aryl methyl sites for hydroxylation is 1. The SMILES string of the molecule is CC[C@@H](C)N(Cc1c(-c2ccccc2)nn(C)c1Oc1ccccc1OC)C[C@@H](O)COC. The minimum atomic E-state index is -0.584. The van der Waals surface area contributed by atoms with E-state index in [1.54, 1.807) is 18.9 Å². The lowest BCUT2D eigenvalue weighted by Crippen LogP contribution is -2.39. The molecular formula is C26H35N3O4. The van der Waals surface area contributed by atoms with Gasteiger partial charge in [0.25, 0.3) is 0 Å². The fraction of sp³-hybridized carbons (Fsp3) is 0.423. The summed E-state index contributed by atoms with van der Waals surface area (Å²) < 4.78 is 18.8. The van der Waals surface area contributed by atoms with Gasteiger partial charge in [0.2, 0.25) is 5.88 Å². The van der Waals surface area contributed by atoms with Crippen LogP contribution in [0.5, 0.6) is 17.4 Å². The zero-order chi connectivity index (χ0) is 23.8. The zero-order valence-electron chi connectivity index (χ0n) is 20.2. The van der Waals surface area contributed by atoms with Crippen LogP contribution in [0.3, 0.4) is 0 Å². The van der Waals surface area contributed by atoms with Crippen LogP contribution in [0, 0.1) is 0 Å². The van der Waals surface area contributed by atoms with Crippen LogP contribution in [0.2, 0.25) is 0 Å². The highest BCUT2D eigenvalue weighted by atomic mass is 16.5. The van der Waals surface area contributed by atoms with Crippen molar-refractivity contribution in [3.05, 3.63) is 60.2 Å². The number of ether oxygens (including phenoxy) is 3. The fourth-order valence-electron chi connectivity index (χ4n) is 3.84. The number of nitrogens with zero attached hydrogens (tertiary/aromatic N) is 3. The molecule has 2 aromatic carbocycles. The summed E-state index contributed by atoms with van der Waals surface area (Å²) >= 11 is 0. The van der Waals surface area contributed by atoms with Crippen LogP contribution >= 0.6 is 0 Å². The van der Waals surface area contributed by atoms with E-state index in [0.29, 0.717) is 30.5 Å². The molecule has 7 nitrogen and oxygen atoms in total. The highest BCUT2D eigenvalue weighted by molar-refractivity contribution is 5.66. The molecular weight excluding hydrogens is 418 g/mol. The predicted octanol–water partition coefficient (Wildman–Crippen LogP) is 4.50. The molecule has 0 aliphatic carbocycles. The molecule has 0 amide bonds. The van der Waals surface area contributed by atoms with E-state index in [0.717, 1.165) is 23.2 Å². The first-order valence-corrected chi connectivity index (χ1v) is 11.3. The minimum absolute atomic E-state index is 0.249. The summed E-state index contributed by atoms with van der Waals surface area (Å²) in [4.78, 5) is 2.25. The maximum Gasteiger partial charge on any atom is 0.222 e. The van der Waals surface area contributed by atoms with Gasteiger partial charge in [-0.05, 0) is 25.5 Å². The number of hydrogen-bond acceptors (Lipinski definition) is 6. The van der Waals surface area contributed by atoms with Crippen LogP contribution in [0.4, 0.5) is 0 Å². The average molecular weight is 454 g/mol. The molecule has 0 fully saturated rings. The molecule has 0 radical (unpaired) electrons. The smallest absolute Gasteiger partial charge is 0.222 e. The molecule has 178 valence electrons. The fourth-order valence-corrected chi connectivity index (χ4v) is 3.84. The number of methoxy groups -OCH3 is 2. The predicted molar refractivity (Wildman–Crippen MR) is 130 cm³/mol. The van der Waals surface area contributed by atoms with E-state index in [1.807, 2.05) is 61.6 Å². The molecule has 0 aliphatic rings.